The van der Waals surface area contributed by atoms with Gasteiger partial charge in [-0.25, -0.2) is 13.1 Å². The number of benzene rings is 2. The molecule has 0 amide bonds. The van der Waals surface area contributed by atoms with Crippen molar-refractivity contribution < 1.29 is 26.7 Å². The average Bonchev–Trinajstić information content (AvgIpc) is 3.15. The number of aryl methyl sites for hydroxylation is 1. The highest BCUT2D eigenvalue weighted by atomic mass is 35.5. The van der Waals surface area contributed by atoms with E-state index < -0.39 is 27.2 Å². The normalized spacial score (nSPS) is 12.7. The average molecular weight is 550 g/mol. The molecule has 4 aromatic rings. The molecule has 11 heteroatoms. The zero-order valence-corrected chi connectivity index (χ0v) is 21.9. The Morgan fingerprint density at radius 3 is 2.30 bits per heavy atom. The van der Waals surface area contributed by atoms with Crippen LogP contribution in [0.25, 0.3) is 28.1 Å². The smallest absolute Gasteiger partial charge is 0.384 e. The molecule has 37 heavy (non-hydrogen) atoms. The zero-order chi connectivity index (χ0) is 27.3. The first-order valence-corrected chi connectivity index (χ1v) is 13.3. The van der Waals surface area contributed by atoms with Crippen molar-refractivity contribution in [2.24, 2.45) is 0 Å². The molecule has 0 bridgehead atoms. The molecule has 0 aliphatic rings. The molecule has 0 aliphatic carbocycles. The predicted molar refractivity (Wildman–Crippen MR) is 135 cm³/mol. The maximum Gasteiger partial charge on any atom is 0.418 e. The van der Waals surface area contributed by atoms with Gasteiger partial charge in [-0.1, -0.05) is 41.9 Å². The van der Waals surface area contributed by atoms with E-state index in [-0.39, 0.29) is 27.0 Å². The Hall–Kier alpha value is -3.21. The van der Waals surface area contributed by atoms with Gasteiger partial charge in [-0.3, -0.25) is 4.98 Å². The Kier molecular flexibility index (Phi) is 6.72. The van der Waals surface area contributed by atoms with Gasteiger partial charge < -0.3 is 5.11 Å². The van der Waals surface area contributed by atoms with E-state index in [2.05, 4.69) is 10.1 Å². The number of sulfone groups is 1. The molecule has 0 saturated carbocycles. The summed E-state index contributed by atoms with van der Waals surface area (Å²) in [5, 5.41) is 14.9. The fourth-order valence-electron chi connectivity index (χ4n) is 4.01. The number of alkyl halides is 3. The first-order valence-electron chi connectivity index (χ1n) is 11.0. The standard InChI is InChI=1S/C26H23ClF3N3O3S/c1-15-12-17(16-6-5-7-18(13-16)37(4,35)36)8-9-19(15)23-22(27)24(25(2,3)34)32-33(23)21-14-31-11-10-20(21)26(28,29)30/h5-14,34H,1-4H3. The summed E-state index contributed by atoms with van der Waals surface area (Å²) in [7, 11) is -3.41. The van der Waals surface area contributed by atoms with Gasteiger partial charge in [0.1, 0.15) is 11.3 Å². The second-order valence-electron chi connectivity index (χ2n) is 9.20. The van der Waals surface area contributed by atoms with Gasteiger partial charge in [0.15, 0.2) is 9.84 Å². The minimum atomic E-state index is -4.69. The lowest BCUT2D eigenvalue weighted by atomic mass is 9.97. The van der Waals surface area contributed by atoms with E-state index in [9.17, 15) is 26.7 Å². The number of rotatable bonds is 5. The van der Waals surface area contributed by atoms with Gasteiger partial charge in [0.2, 0.25) is 0 Å². The highest BCUT2D eigenvalue weighted by Gasteiger charge is 2.37. The minimum absolute atomic E-state index is 0.000554. The zero-order valence-electron chi connectivity index (χ0n) is 20.3. The first kappa shape index (κ1) is 26.8. The molecule has 0 atom stereocenters. The summed E-state index contributed by atoms with van der Waals surface area (Å²) in [4.78, 5) is 4.03. The van der Waals surface area contributed by atoms with Gasteiger partial charge in [0.25, 0.3) is 0 Å². The summed E-state index contributed by atoms with van der Waals surface area (Å²) in [6, 6.07) is 12.5. The Balaban J connectivity index is 1.95. The monoisotopic (exact) mass is 549 g/mol. The Morgan fingerprint density at radius 2 is 1.70 bits per heavy atom. The number of aromatic nitrogens is 3. The Bertz CT molecular complexity index is 1610. The molecule has 0 unspecified atom stereocenters. The quantitative estimate of drug-likeness (QED) is 0.320. The van der Waals surface area contributed by atoms with Crippen LogP contribution in [0.4, 0.5) is 13.2 Å². The van der Waals surface area contributed by atoms with E-state index in [0.717, 1.165) is 29.4 Å². The third-order valence-corrected chi connectivity index (χ3v) is 7.29. The predicted octanol–water partition coefficient (Wildman–Crippen LogP) is 6.21. The number of aliphatic hydroxyl groups is 1. The molecule has 6 nitrogen and oxygen atoms in total. The third kappa shape index (κ3) is 5.27. The first-order chi connectivity index (χ1) is 17.1. The van der Waals surface area contributed by atoms with Crippen LogP contribution in [0, 0.1) is 6.92 Å². The molecule has 0 radical (unpaired) electrons. The van der Waals surface area contributed by atoms with Crippen molar-refractivity contribution in [2.75, 3.05) is 6.26 Å². The van der Waals surface area contributed by atoms with Crippen LogP contribution in [0.5, 0.6) is 0 Å². The van der Waals surface area contributed by atoms with Gasteiger partial charge >= 0.3 is 6.18 Å². The topological polar surface area (TPSA) is 85.1 Å². The summed E-state index contributed by atoms with van der Waals surface area (Å²) >= 11 is 6.65. The molecule has 0 fully saturated rings. The molecule has 4 rings (SSSR count). The van der Waals surface area contributed by atoms with Crippen molar-refractivity contribution in [3.63, 3.8) is 0 Å². The SMILES string of the molecule is Cc1cc(-c2cccc(S(C)(=O)=O)c2)ccc1-c1c(Cl)c(C(C)(C)O)nn1-c1cnccc1C(F)(F)F. The van der Waals surface area contributed by atoms with Gasteiger partial charge in [0, 0.05) is 18.0 Å². The largest absolute Gasteiger partial charge is 0.418 e. The lowest BCUT2D eigenvalue weighted by molar-refractivity contribution is -0.137. The van der Waals surface area contributed by atoms with Crippen molar-refractivity contribution in [3.05, 3.63) is 82.8 Å². The molecule has 0 spiro atoms. The highest BCUT2D eigenvalue weighted by Crippen LogP contribution is 2.42. The molecular weight excluding hydrogens is 527 g/mol. The summed E-state index contributed by atoms with van der Waals surface area (Å²) in [5.74, 6) is 0. The second-order valence-corrected chi connectivity index (χ2v) is 11.6. The molecular formula is C26H23ClF3N3O3S. The maximum atomic E-state index is 13.9. The van der Waals surface area contributed by atoms with Crippen molar-refractivity contribution in [1.29, 1.82) is 0 Å². The third-order valence-electron chi connectivity index (χ3n) is 5.82. The van der Waals surface area contributed by atoms with Crippen LogP contribution in [-0.2, 0) is 21.6 Å². The van der Waals surface area contributed by atoms with Crippen molar-refractivity contribution in [3.8, 4) is 28.1 Å². The fraction of sp³-hybridized carbons (Fsp3) is 0.231. The van der Waals surface area contributed by atoms with E-state index >= 15 is 0 Å². The van der Waals surface area contributed by atoms with Crippen LogP contribution in [-0.4, -0.2) is 34.5 Å². The number of pyridine rings is 1. The van der Waals surface area contributed by atoms with Crippen molar-refractivity contribution in [2.45, 2.75) is 37.4 Å². The Labute approximate surface area is 217 Å². The second kappa shape index (κ2) is 9.27. The summed E-state index contributed by atoms with van der Waals surface area (Å²) < 4.78 is 66.6. The van der Waals surface area contributed by atoms with Crippen LogP contribution in [0.2, 0.25) is 5.02 Å². The Morgan fingerprint density at radius 1 is 1.03 bits per heavy atom. The summed E-state index contributed by atoms with van der Waals surface area (Å²) in [6.07, 6.45) is -1.48. The van der Waals surface area contributed by atoms with Crippen LogP contribution in [0.1, 0.15) is 30.7 Å². The molecule has 2 aromatic carbocycles. The molecule has 2 aromatic heterocycles. The number of halogens is 4. The van der Waals surface area contributed by atoms with E-state index in [4.69, 9.17) is 11.6 Å². The maximum absolute atomic E-state index is 13.9. The number of nitrogens with zero attached hydrogens (tertiary/aromatic N) is 3. The summed E-state index contributed by atoms with van der Waals surface area (Å²) in [5.41, 5.74) is -0.203. The van der Waals surface area contributed by atoms with Crippen LogP contribution >= 0.6 is 11.6 Å². The van der Waals surface area contributed by atoms with Crippen molar-refractivity contribution >= 4 is 21.4 Å². The fourth-order valence-corrected chi connectivity index (χ4v) is 5.12. The van der Waals surface area contributed by atoms with Gasteiger partial charge in [-0.2, -0.15) is 18.3 Å². The van der Waals surface area contributed by atoms with Gasteiger partial charge in [-0.05, 0) is 55.7 Å². The number of hydrogen-bond acceptors (Lipinski definition) is 5. The molecule has 1 N–H and O–H groups in total. The summed E-state index contributed by atoms with van der Waals surface area (Å²) in [6.45, 7) is 4.63. The highest BCUT2D eigenvalue weighted by molar-refractivity contribution is 7.90. The van der Waals surface area contributed by atoms with Gasteiger partial charge in [-0.15, -0.1) is 0 Å². The lowest BCUT2D eigenvalue weighted by Crippen LogP contribution is -2.18. The lowest BCUT2D eigenvalue weighted by Gasteiger charge is -2.16. The molecule has 0 aliphatic heterocycles. The van der Waals surface area contributed by atoms with Crippen LogP contribution in [0.3, 0.4) is 0 Å². The molecule has 0 saturated heterocycles. The van der Waals surface area contributed by atoms with E-state index in [1.807, 2.05) is 0 Å². The minimum Gasteiger partial charge on any atom is -0.384 e. The van der Waals surface area contributed by atoms with Crippen LogP contribution < -0.4 is 0 Å². The molecule has 2 heterocycles. The van der Waals surface area contributed by atoms with Gasteiger partial charge in [0.05, 0.1) is 33.1 Å². The van der Waals surface area contributed by atoms with Crippen molar-refractivity contribution in [1.82, 2.24) is 14.8 Å². The molecule has 194 valence electrons. The van der Waals surface area contributed by atoms with E-state index in [1.165, 1.54) is 19.9 Å². The van der Waals surface area contributed by atoms with E-state index in [0.29, 0.717) is 22.3 Å². The van der Waals surface area contributed by atoms with E-state index in [1.54, 1.807) is 43.3 Å². The van der Waals surface area contributed by atoms with Crippen LogP contribution in [0.15, 0.2) is 65.8 Å². The number of hydrogen-bond donors (Lipinski definition) is 1.